The van der Waals surface area contributed by atoms with Gasteiger partial charge >= 0.3 is 0 Å². The molecule has 2 N–H and O–H groups in total. The van der Waals surface area contributed by atoms with Crippen molar-refractivity contribution in [3.8, 4) is 0 Å². The highest BCUT2D eigenvalue weighted by Gasteiger charge is 2.14. The zero-order chi connectivity index (χ0) is 14.0. The maximum Gasteiger partial charge on any atom is 0.159 e. The molecule has 0 aliphatic heterocycles. The van der Waals surface area contributed by atoms with Gasteiger partial charge in [-0.25, -0.2) is 8.78 Å². The second-order valence-corrected chi connectivity index (χ2v) is 5.27. The summed E-state index contributed by atoms with van der Waals surface area (Å²) in [6.45, 7) is 4.61. The van der Waals surface area contributed by atoms with E-state index in [0.29, 0.717) is 10.6 Å². The van der Waals surface area contributed by atoms with Crippen molar-refractivity contribution in [3.63, 3.8) is 0 Å². The van der Waals surface area contributed by atoms with Gasteiger partial charge in [-0.15, -0.1) is 0 Å². The monoisotopic (exact) mass is 283 g/mol. The number of rotatable bonds is 4. The van der Waals surface area contributed by atoms with Crippen LogP contribution in [0, 0.1) is 18.6 Å². The van der Waals surface area contributed by atoms with Crippen molar-refractivity contribution in [2.45, 2.75) is 36.7 Å². The standard InChI is InChI=1S/C13H15F2N3S/c1-3-6-18-13(12(16)8(2)17-18)19-9-4-5-10(14)11(15)7-9/h4-5,7H,3,6,16H2,1-2H3. The Labute approximate surface area is 114 Å². The number of aromatic nitrogens is 2. The highest BCUT2D eigenvalue weighted by atomic mass is 32.2. The third kappa shape index (κ3) is 2.89. The summed E-state index contributed by atoms with van der Waals surface area (Å²) in [6.07, 6.45) is 0.923. The summed E-state index contributed by atoms with van der Waals surface area (Å²) in [7, 11) is 0. The topological polar surface area (TPSA) is 43.8 Å². The van der Waals surface area contributed by atoms with Crippen LogP contribution in [-0.2, 0) is 6.54 Å². The summed E-state index contributed by atoms with van der Waals surface area (Å²) < 4.78 is 27.9. The molecule has 19 heavy (non-hydrogen) atoms. The predicted molar refractivity (Wildman–Crippen MR) is 72.1 cm³/mol. The summed E-state index contributed by atoms with van der Waals surface area (Å²) in [4.78, 5) is 0.600. The Balaban J connectivity index is 2.34. The Bertz CT molecular complexity index is 596. The minimum Gasteiger partial charge on any atom is -0.395 e. The van der Waals surface area contributed by atoms with E-state index in [1.807, 2.05) is 13.8 Å². The zero-order valence-corrected chi connectivity index (χ0v) is 11.6. The lowest BCUT2D eigenvalue weighted by molar-refractivity contribution is 0.505. The van der Waals surface area contributed by atoms with Gasteiger partial charge in [0.1, 0.15) is 5.03 Å². The van der Waals surface area contributed by atoms with Crippen molar-refractivity contribution in [2.24, 2.45) is 0 Å². The first kappa shape index (κ1) is 13.9. The minimum atomic E-state index is -0.859. The SMILES string of the molecule is CCCn1nc(C)c(N)c1Sc1ccc(F)c(F)c1. The van der Waals surface area contributed by atoms with Crippen LogP contribution in [0.2, 0.25) is 0 Å². The van der Waals surface area contributed by atoms with Crippen molar-refractivity contribution in [1.29, 1.82) is 0 Å². The number of nitrogen functional groups attached to an aromatic ring is 1. The first-order valence-electron chi connectivity index (χ1n) is 5.98. The largest absolute Gasteiger partial charge is 0.395 e. The second-order valence-electron chi connectivity index (χ2n) is 4.21. The number of anilines is 1. The third-order valence-corrected chi connectivity index (χ3v) is 3.78. The molecule has 0 bridgehead atoms. The van der Waals surface area contributed by atoms with Gasteiger partial charge in [0.05, 0.1) is 11.4 Å². The summed E-state index contributed by atoms with van der Waals surface area (Å²) in [5, 5.41) is 5.11. The Morgan fingerprint density at radius 3 is 2.68 bits per heavy atom. The van der Waals surface area contributed by atoms with E-state index in [1.54, 1.807) is 4.68 Å². The van der Waals surface area contributed by atoms with Crippen molar-refractivity contribution in [2.75, 3.05) is 5.73 Å². The molecule has 0 saturated heterocycles. The molecule has 0 unspecified atom stereocenters. The second kappa shape index (κ2) is 5.61. The molecule has 0 saturated carbocycles. The third-order valence-electron chi connectivity index (χ3n) is 2.67. The smallest absolute Gasteiger partial charge is 0.159 e. The molecule has 2 rings (SSSR count). The predicted octanol–water partition coefficient (Wildman–Crippen LogP) is 3.61. The van der Waals surface area contributed by atoms with Crippen molar-refractivity contribution >= 4 is 17.4 Å². The summed E-state index contributed by atoms with van der Waals surface area (Å²) in [5.41, 5.74) is 7.31. The molecular formula is C13H15F2N3S. The van der Waals surface area contributed by atoms with Crippen LogP contribution in [0.15, 0.2) is 28.1 Å². The van der Waals surface area contributed by atoms with Crippen LogP contribution in [0.5, 0.6) is 0 Å². The first-order chi connectivity index (χ1) is 9.02. The lowest BCUT2D eigenvalue weighted by Gasteiger charge is -2.07. The number of hydrogen-bond acceptors (Lipinski definition) is 3. The first-order valence-corrected chi connectivity index (χ1v) is 6.80. The Morgan fingerprint density at radius 1 is 1.32 bits per heavy atom. The van der Waals surface area contributed by atoms with Crippen LogP contribution in [0.4, 0.5) is 14.5 Å². The number of nitrogens with zero attached hydrogens (tertiary/aromatic N) is 2. The van der Waals surface area contributed by atoms with Gasteiger partial charge in [0.15, 0.2) is 11.6 Å². The number of benzene rings is 1. The number of aryl methyl sites for hydroxylation is 2. The van der Waals surface area contributed by atoms with Gasteiger partial charge in [0.25, 0.3) is 0 Å². The van der Waals surface area contributed by atoms with Crippen LogP contribution in [0.25, 0.3) is 0 Å². The van der Waals surface area contributed by atoms with Crippen molar-refractivity contribution < 1.29 is 8.78 Å². The van der Waals surface area contributed by atoms with E-state index >= 15 is 0 Å². The van der Waals surface area contributed by atoms with Crippen molar-refractivity contribution in [3.05, 3.63) is 35.5 Å². The molecule has 0 aliphatic rings. The van der Waals surface area contributed by atoms with Gasteiger partial charge < -0.3 is 5.73 Å². The highest BCUT2D eigenvalue weighted by Crippen LogP contribution is 2.34. The van der Waals surface area contributed by atoms with Gasteiger partial charge in [-0.3, -0.25) is 4.68 Å². The summed E-state index contributed by atoms with van der Waals surface area (Å²) in [6, 6.07) is 3.81. The number of nitrogens with two attached hydrogens (primary N) is 1. The van der Waals surface area contributed by atoms with Gasteiger partial charge in [-0.1, -0.05) is 18.7 Å². The average molecular weight is 283 g/mol. The average Bonchev–Trinajstić information content (AvgIpc) is 2.62. The van der Waals surface area contributed by atoms with Crippen LogP contribution >= 0.6 is 11.8 Å². The molecule has 102 valence electrons. The van der Waals surface area contributed by atoms with Crippen molar-refractivity contribution in [1.82, 2.24) is 9.78 Å². The van der Waals surface area contributed by atoms with Gasteiger partial charge in [0.2, 0.25) is 0 Å². The van der Waals surface area contributed by atoms with Crippen LogP contribution in [0.3, 0.4) is 0 Å². The van der Waals surface area contributed by atoms with E-state index in [2.05, 4.69) is 5.10 Å². The normalized spacial score (nSPS) is 10.9. The Hall–Kier alpha value is -1.56. The van der Waals surface area contributed by atoms with Gasteiger partial charge in [-0.2, -0.15) is 5.10 Å². The molecule has 1 aromatic carbocycles. The quantitative estimate of drug-likeness (QED) is 0.932. The van der Waals surface area contributed by atoms with Crippen LogP contribution in [-0.4, -0.2) is 9.78 Å². The Kier molecular flexibility index (Phi) is 4.09. The fourth-order valence-electron chi connectivity index (χ4n) is 1.70. The summed E-state index contributed by atoms with van der Waals surface area (Å²) >= 11 is 1.29. The highest BCUT2D eigenvalue weighted by molar-refractivity contribution is 7.99. The maximum atomic E-state index is 13.2. The fourth-order valence-corrected chi connectivity index (χ4v) is 2.71. The van der Waals surface area contributed by atoms with Gasteiger partial charge in [-0.05, 0) is 31.5 Å². The minimum absolute atomic E-state index is 0.586. The number of halogens is 2. The molecule has 0 aliphatic carbocycles. The van der Waals surface area contributed by atoms with E-state index in [9.17, 15) is 8.78 Å². The fraction of sp³-hybridized carbons (Fsp3) is 0.308. The zero-order valence-electron chi connectivity index (χ0n) is 10.8. The molecule has 0 atom stereocenters. The lowest BCUT2D eigenvalue weighted by atomic mass is 10.3. The molecule has 0 amide bonds. The van der Waals surface area contributed by atoms with Crippen LogP contribution < -0.4 is 5.73 Å². The Morgan fingerprint density at radius 2 is 2.05 bits per heavy atom. The van der Waals surface area contributed by atoms with Gasteiger partial charge in [0, 0.05) is 11.4 Å². The van der Waals surface area contributed by atoms with E-state index < -0.39 is 11.6 Å². The van der Waals surface area contributed by atoms with Crippen LogP contribution in [0.1, 0.15) is 19.0 Å². The molecular weight excluding hydrogens is 268 g/mol. The molecule has 0 spiro atoms. The number of hydrogen-bond donors (Lipinski definition) is 1. The molecule has 6 heteroatoms. The van der Waals surface area contributed by atoms with E-state index in [0.717, 1.165) is 35.8 Å². The maximum absolute atomic E-state index is 13.2. The molecule has 0 radical (unpaired) electrons. The molecule has 3 nitrogen and oxygen atoms in total. The van der Waals surface area contributed by atoms with E-state index in [-0.39, 0.29) is 0 Å². The summed E-state index contributed by atoms with van der Waals surface area (Å²) in [5.74, 6) is -1.71. The lowest BCUT2D eigenvalue weighted by Crippen LogP contribution is -2.01. The molecule has 2 aromatic rings. The molecule has 1 heterocycles. The van der Waals surface area contributed by atoms with E-state index in [1.165, 1.54) is 17.8 Å². The molecule has 0 fully saturated rings. The molecule has 1 aromatic heterocycles. The van der Waals surface area contributed by atoms with E-state index in [4.69, 9.17) is 5.73 Å².